The zero-order valence-corrected chi connectivity index (χ0v) is 15.4. The first-order chi connectivity index (χ1) is 11.9. The van der Waals surface area contributed by atoms with Gasteiger partial charge in [-0.1, -0.05) is 11.6 Å². The number of amides is 1. The highest BCUT2D eigenvalue weighted by Gasteiger charge is 2.34. The predicted molar refractivity (Wildman–Crippen MR) is 96.7 cm³/mol. The van der Waals surface area contributed by atoms with Crippen LogP contribution in [0.15, 0.2) is 30.5 Å². The van der Waals surface area contributed by atoms with E-state index in [1.165, 1.54) is 0 Å². The molecule has 0 unspecified atom stereocenters. The number of carbonyl (C=O) groups excluding carboxylic acids is 1. The van der Waals surface area contributed by atoms with E-state index in [9.17, 15) is 13.2 Å². The number of rotatable bonds is 5. The number of pyridine rings is 1. The molecule has 1 fully saturated rings. The van der Waals surface area contributed by atoms with Crippen LogP contribution >= 0.6 is 11.6 Å². The number of carbonyl (C=O) groups is 1. The molecule has 1 saturated heterocycles. The van der Waals surface area contributed by atoms with Crippen molar-refractivity contribution in [3.05, 3.63) is 35.5 Å². The highest BCUT2D eigenvalue weighted by Crippen LogP contribution is 2.29. The number of likely N-dealkylation sites (N-methyl/N-ethyl adjacent to an activating group) is 1. The molecule has 0 N–H and O–H groups in total. The molecule has 8 heteroatoms. The fourth-order valence-electron chi connectivity index (χ4n) is 3.11. The van der Waals surface area contributed by atoms with Crippen molar-refractivity contribution < 1.29 is 17.9 Å². The Kier molecular flexibility index (Phi) is 5.15. The molecule has 134 valence electrons. The average Bonchev–Trinajstić information content (AvgIpc) is 2.95. The minimum Gasteiger partial charge on any atom is -0.481 e. The maximum Gasteiger partial charge on any atom is 0.260 e. The lowest BCUT2D eigenvalue weighted by molar-refractivity contribution is -0.135. The van der Waals surface area contributed by atoms with Crippen LogP contribution in [0.3, 0.4) is 0 Å². The number of hydrogen-bond acceptors (Lipinski definition) is 5. The van der Waals surface area contributed by atoms with Crippen molar-refractivity contribution in [2.45, 2.75) is 19.4 Å². The molecule has 0 radical (unpaired) electrons. The van der Waals surface area contributed by atoms with E-state index in [-0.39, 0.29) is 30.1 Å². The molecule has 1 aliphatic heterocycles. The Balaban J connectivity index is 1.73. The van der Waals surface area contributed by atoms with Crippen molar-refractivity contribution in [3.8, 4) is 5.75 Å². The lowest BCUT2D eigenvalue weighted by atomic mass is 10.2. The number of ether oxygens (including phenoxy) is 1. The first-order valence-electron chi connectivity index (χ1n) is 8.07. The van der Waals surface area contributed by atoms with Crippen LogP contribution in [0.5, 0.6) is 5.75 Å². The van der Waals surface area contributed by atoms with Gasteiger partial charge < -0.3 is 9.64 Å². The normalized spacial score (nSPS) is 19.0. The average molecular weight is 383 g/mol. The van der Waals surface area contributed by atoms with Crippen LogP contribution in [0.1, 0.15) is 13.3 Å². The number of fused-ring (bicyclic) bond motifs is 1. The number of halogens is 1. The van der Waals surface area contributed by atoms with E-state index in [1.54, 1.807) is 29.3 Å². The van der Waals surface area contributed by atoms with Gasteiger partial charge >= 0.3 is 0 Å². The summed E-state index contributed by atoms with van der Waals surface area (Å²) in [5, 5.41) is 1.32. The smallest absolute Gasteiger partial charge is 0.260 e. The highest BCUT2D eigenvalue weighted by molar-refractivity contribution is 7.91. The second-order valence-corrected chi connectivity index (χ2v) is 8.61. The van der Waals surface area contributed by atoms with Crippen molar-refractivity contribution in [3.63, 3.8) is 0 Å². The number of benzene rings is 1. The third-order valence-corrected chi connectivity index (χ3v) is 6.42. The summed E-state index contributed by atoms with van der Waals surface area (Å²) in [6.07, 6.45) is 2.11. The van der Waals surface area contributed by atoms with E-state index < -0.39 is 9.84 Å². The van der Waals surface area contributed by atoms with Crippen LogP contribution in [0, 0.1) is 0 Å². The van der Waals surface area contributed by atoms with Crippen molar-refractivity contribution in [2.75, 3.05) is 24.7 Å². The van der Waals surface area contributed by atoms with Gasteiger partial charge in [0.1, 0.15) is 11.3 Å². The zero-order chi connectivity index (χ0) is 18.0. The fourth-order valence-corrected chi connectivity index (χ4v) is 5.06. The molecule has 0 bridgehead atoms. The molecular formula is C17H19ClN2O4S. The summed E-state index contributed by atoms with van der Waals surface area (Å²) in [4.78, 5) is 18.4. The third-order valence-electron chi connectivity index (χ3n) is 4.34. The third kappa shape index (κ3) is 3.88. The van der Waals surface area contributed by atoms with Crippen molar-refractivity contribution in [1.29, 1.82) is 0 Å². The van der Waals surface area contributed by atoms with Gasteiger partial charge in [0.15, 0.2) is 16.4 Å². The molecule has 2 aromatic rings. The molecule has 0 saturated carbocycles. The van der Waals surface area contributed by atoms with Crippen molar-refractivity contribution in [2.24, 2.45) is 0 Å². The molecule has 0 spiro atoms. The maximum absolute atomic E-state index is 12.5. The van der Waals surface area contributed by atoms with E-state index in [2.05, 4.69) is 4.98 Å². The van der Waals surface area contributed by atoms with E-state index >= 15 is 0 Å². The van der Waals surface area contributed by atoms with Crippen LogP contribution in [-0.4, -0.2) is 54.9 Å². The SMILES string of the molecule is CCN(C(=O)COc1ccc(Cl)c2cccnc12)[C@H]1CCS(=O)(=O)C1. The van der Waals surface area contributed by atoms with Crippen LogP contribution in [0.4, 0.5) is 0 Å². The van der Waals surface area contributed by atoms with Gasteiger partial charge in [-0.15, -0.1) is 0 Å². The van der Waals surface area contributed by atoms with E-state index in [4.69, 9.17) is 16.3 Å². The summed E-state index contributed by atoms with van der Waals surface area (Å²) >= 11 is 6.15. The Morgan fingerprint density at radius 2 is 2.20 bits per heavy atom. The maximum atomic E-state index is 12.5. The quantitative estimate of drug-likeness (QED) is 0.793. The second-order valence-electron chi connectivity index (χ2n) is 5.97. The zero-order valence-electron chi connectivity index (χ0n) is 13.8. The molecule has 1 aliphatic rings. The summed E-state index contributed by atoms with van der Waals surface area (Å²) in [6.45, 7) is 2.11. The van der Waals surface area contributed by atoms with Gasteiger partial charge in [0.2, 0.25) is 0 Å². The van der Waals surface area contributed by atoms with Gasteiger partial charge in [0.05, 0.1) is 16.5 Å². The lowest BCUT2D eigenvalue weighted by Gasteiger charge is -2.26. The van der Waals surface area contributed by atoms with Crippen LogP contribution in [-0.2, 0) is 14.6 Å². The molecule has 1 atom stereocenters. The highest BCUT2D eigenvalue weighted by atomic mass is 35.5. The number of aromatic nitrogens is 1. The fraction of sp³-hybridized carbons (Fsp3) is 0.412. The summed E-state index contributed by atoms with van der Waals surface area (Å²) in [7, 11) is -3.04. The van der Waals surface area contributed by atoms with Gasteiger partial charge in [-0.2, -0.15) is 0 Å². The molecular weight excluding hydrogens is 364 g/mol. The Morgan fingerprint density at radius 3 is 2.88 bits per heavy atom. The first kappa shape index (κ1) is 17.9. The monoisotopic (exact) mass is 382 g/mol. The minimum absolute atomic E-state index is 0.0258. The summed E-state index contributed by atoms with van der Waals surface area (Å²) in [5.74, 6) is 0.401. The van der Waals surface area contributed by atoms with Crippen LogP contribution in [0.25, 0.3) is 10.9 Å². The number of hydrogen-bond donors (Lipinski definition) is 0. The van der Waals surface area contributed by atoms with E-state index in [0.717, 1.165) is 5.39 Å². The molecule has 0 aliphatic carbocycles. The van der Waals surface area contributed by atoms with Gasteiger partial charge in [0.25, 0.3) is 5.91 Å². The second kappa shape index (κ2) is 7.17. The van der Waals surface area contributed by atoms with Gasteiger partial charge in [-0.25, -0.2) is 8.42 Å². The Bertz CT molecular complexity index is 901. The largest absolute Gasteiger partial charge is 0.481 e. The Morgan fingerprint density at radius 1 is 1.40 bits per heavy atom. The Labute approximate surface area is 151 Å². The molecule has 25 heavy (non-hydrogen) atoms. The molecule has 1 amide bonds. The first-order valence-corrected chi connectivity index (χ1v) is 10.3. The van der Waals surface area contributed by atoms with Crippen molar-refractivity contribution >= 4 is 38.2 Å². The van der Waals surface area contributed by atoms with E-state index in [0.29, 0.717) is 29.3 Å². The van der Waals surface area contributed by atoms with E-state index in [1.807, 2.05) is 13.0 Å². The van der Waals surface area contributed by atoms with Crippen LogP contribution in [0.2, 0.25) is 5.02 Å². The molecule has 1 aromatic carbocycles. The molecule has 6 nitrogen and oxygen atoms in total. The predicted octanol–water partition coefficient (Wildman–Crippen LogP) is 2.30. The molecule has 1 aromatic heterocycles. The van der Waals surface area contributed by atoms with Crippen molar-refractivity contribution in [1.82, 2.24) is 9.88 Å². The molecule has 2 heterocycles. The number of nitrogens with zero attached hydrogens (tertiary/aromatic N) is 2. The summed E-state index contributed by atoms with van der Waals surface area (Å²) in [5.41, 5.74) is 0.592. The standard InChI is InChI=1S/C17H19ClN2O4S/c1-2-20(12-7-9-25(22,23)11-12)16(21)10-24-15-6-5-14(18)13-4-3-8-19-17(13)15/h3-6,8,12H,2,7,9-11H2,1H3/t12-/m0/s1. The minimum atomic E-state index is -3.04. The summed E-state index contributed by atoms with van der Waals surface area (Å²) in [6, 6.07) is 6.73. The van der Waals surface area contributed by atoms with Crippen LogP contribution < -0.4 is 4.74 Å². The van der Waals surface area contributed by atoms with Gasteiger partial charge in [-0.05, 0) is 37.6 Å². The number of sulfone groups is 1. The Hall–Kier alpha value is -1.86. The summed E-state index contributed by atoms with van der Waals surface area (Å²) < 4.78 is 29.0. The van der Waals surface area contributed by atoms with Gasteiger partial charge in [0, 0.05) is 24.2 Å². The van der Waals surface area contributed by atoms with Gasteiger partial charge in [-0.3, -0.25) is 9.78 Å². The molecule has 3 rings (SSSR count). The topological polar surface area (TPSA) is 76.6 Å². The lowest BCUT2D eigenvalue weighted by Crippen LogP contribution is -2.43.